The predicted octanol–water partition coefficient (Wildman–Crippen LogP) is 6.15. The van der Waals surface area contributed by atoms with E-state index in [4.69, 9.17) is 0 Å². The minimum Gasteiger partial charge on any atom is -0.299 e. The standard InChI is InChI=1S/C32H45N3O2/c1-27(2)10-12-32(35-15-14-33)13-11-31(7)25(21(32)18-27)22(36)16-24-29(5)17-20(19-34)26(37)28(3,4)23(29)8-9-30(24,31)6/h17,21,23-25,35H,8-13,15-16,18H2,1-7H3/t21?,23-,24+,25?,29-,30+,31+,32-/m0/s1. The molecule has 4 fully saturated rings. The van der Waals surface area contributed by atoms with Crippen molar-refractivity contribution in [3.63, 3.8) is 0 Å². The summed E-state index contributed by atoms with van der Waals surface area (Å²) < 4.78 is 0. The van der Waals surface area contributed by atoms with Crippen molar-refractivity contribution in [2.24, 2.45) is 50.7 Å². The number of hydrogen-bond acceptors (Lipinski definition) is 5. The summed E-state index contributed by atoms with van der Waals surface area (Å²) in [6.45, 7) is 16.1. The summed E-state index contributed by atoms with van der Waals surface area (Å²) in [6.07, 6.45) is 9.59. The summed E-state index contributed by atoms with van der Waals surface area (Å²) in [5.74, 6) is 0.783. The molecule has 5 aliphatic rings. The molecular weight excluding hydrogens is 458 g/mol. The number of allylic oxidation sites excluding steroid dienone is 2. The zero-order valence-corrected chi connectivity index (χ0v) is 24.0. The van der Waals surface area contributed by atoms with E-state index < -0.39 is 5.41 Å². The fraction of sp³-hybridized carbons (Fsp3) is 0.812. The third kappa shape index (κ3) is 3.35. The molecule has 0 bridgehead atoms. The first-order valence-corrected chi connectivity index (χ1v) is 14.4. The number of rotatable bonds is 2. The monoisotopic (exact) mass is 503 g/mol. The van der Waals surface area contributed by atoms with Crippen LogP contribution < -0.4 is 5.32 Å². The average molecular weight is 504 g/mol. The maximum absolute atomic E-state index is 14.5. The van der Waals surface area contributed by atoms with Crippen LogP contribution in [0.2, 0.25) is 0 Å². The van der Waals surface area contributed by atoms with Crippen LogP contribution >= 0.6 is 0 Å². The van der Waals surface area contributed by atoms with E-state index in [0.29, 0.717) is 18.7 Å². The molecule has 37 heavy (non-hydrogen) atoms. The summed E-state index contributed by atoms with van der Waals surface area (Å²) in [6, 6.07) is 4.53. The van der Waals surface area contributed by atoms with Gasteiger partial charge in [0, 0.05) is 23.3 Å². The lowest BCUT2D eigenvalue weighted by molar-refractivity contribution is -0.215. The first-order valence-electron chi connectivity index (χ1n) is 14.4. The van der Waals surface area contributed by atoms with Crippen molar-refractivity contribution in [1.29, 1.82) is 10.5 Å². The largest absolute Gasteiger partial charge is 0.299 e. The highest BCUT2D eigenvalue weighted by Crippen LogP contribution is 2.74. The Kier molecular flexibility index (Phi) is 5.77. The minimum absolute atomic E-state index is 0.0222. The molecule has 5 rings (SSSR count). The third-order valence-corrected chi connectivity index (χ3v) is 13.0. The Hall–Kier alpha value is -1.98. The van der Waals surface area contributed by atoms with E-state index in [2.05, 4.69) is 52.1 Å². The lowest BCUT2D eigenvalue weighted by atomic mass is 9.32. The second kappa shape index (κ2) is 8.02. The second-order valence-corrected chi connectivity index (χ2v) is 15.4. The molecule has 0 aliphatic heterocycles. The predicted molar refractivity (Wildman–Crippen MR) is 143 cm³/mol. The molecule has 5 nitrogen and oxygen atoms in total. The molecule has 0 spiro atoms. The molecule has 5 aliphatic carbocycles. The zero-order valence-electron chi connectivity index (χ0n) is 24.0. The zero-order chi connectivity index (χ0) is 27.2. The summed E-state index contributed by atoms with van der Waals surface area (Å²) in [5.41, 5.74) is -0.851. The van der Waals surface area contributed by atoms with Gasteiger partial charge in [-0.2, -0.15) is 10.5 Å². The molecule has 200 valence electrons. The van der Waals surface area contributed by atoms with Gasteiger partial charge in [0.25, 0.3) is 0 Å². The number of Topliss-reactive ketones (excluding diaryl/α,β-unsaturated/α-hetero) is 2. The molecular formula is C32H45N3O2. The normalized spacial score (nSPS) is 47.8. The molecule has 0 radical (unpaired) electrons. The van der Waals surface area contributed by atoms with Crippen molar-refractivity contribution in [3.8, 4) is 12.1 Å². The number of nitrogens with zero attached hydrogens (tertiary/aromatic N) is 2. The lowest BCUT2D eigenvalue weighted by Gasteiger charge is -2.72. The Bertz CT molecular complexity index is 1150. The highest BCUT2D eigenvalue weighted by Gasteiger charge is 2.72. The van der Waals surface area contributed by atoms with Crippen molar-refractivity contribution in [1.82, 2.24) is 5.32 Å². The number of carbonyl (C=O) groups excluding carboxylic acids is 2. The van der Waals surface area contributed by atoms with Gasteiger partial charge in [-0.05, 0) is 84.4 Å². The maximum Gasteiger partial charge on any atom is 0.178 e. The van der Waals surface area contributed by atoms with Crippen molar-refractivity contribution in [2.75, 3.05) is 6.54 Å². The molecule has 0 aromatic heterocycles. The molecule has 2 unspecified atom stereocenters. The fourth-order valence-corrected chi connectivity index (χ4v) is 10.8. The van der Waals surface area contributed by atoms with Crippen LogP contribution in [0.5, 0.6) is 0 Å². The van der Waals surface area contributed by atoms with Crippen LogP contribution in [-0.4, -0.2) is 23.7 Å². The third-order valence-electron chi connectivity index (χ3n) is 13.0. The summed E-state index contributed by atoms with van der Waals surface area (Å²) in [4.78, 5) is 27.7. The number of nitrogens with one attached hydrogen (secondary N) is 1. The van der Waals surface area contributed by atoms with Gasteiger partial charge in [0.1, 0.15) is 11.9 Å². The molecule has 5 heteroatoms. The van der Waals surface area contributed by atoms with Crippen LogP contribution in [0.3, 0.4) is 0 Å². The Morgan fingerprint density at radius 2 is 1.59 bits per heavy atom. The van der Waals surface area contributed by atoms with E-state index in [1.807, 2.05) is 19.9 Å². The molecule has 0 heterocycles. The SMILES string of the molecule is CC1(C)CC[C@]2(NCC#N)CC[C@]3(C)C(C(=O)C[C@@H]4[C@@]5(C)C=C(C#N)C(=O)C(C)(C)[C@@H]5CC[C@]43C)C2C1. The number of ketones is 2. The Morgan fingerprint density at radius 3 is 2.24 bits per heavy atom. The van der Waals surface area contributed by atoms with Gasteiger partial charge < -0.3 is 0 Å². The van der Waals surface area contributed by atoms with E-state index in [9.17, 15) is 20.1 Å². The van der Waals surface area contributed by atoms with Crippen LogP contribution in [-0.2, 0) is 9.59 Å². The van der Waals surface area contributed by atoms with Crippen molar-refractivity contribution in [3.05, 3.63) is 11.6 Å². The quantitative estimate of drug-likeness (QED) is 0.456. The first-order chi connectivity index (χ1) is 17.1. The average Bonchev–Trinajstić information content (AvgIpc) is 2.82. The van der Waals surface area contributed by atoms with Crippen molar-refractivity contribution >= 4 is 11.6 Å². The molecule has 0 aromatic carbocycles. The number of nitriles is 2. The number of carbonyl (C=O) groups is 2. The van der Waals surface area contributed by atoms with Gasteiger partial charge in [-0.3, -0.25) is 14.9 Å². The van der Waals surface area contributed by atoms with Gasteiger partial charge in [0.05, 0.1) is 18.2 Å². The van der Waals surface area contributed by atoms with Crippen LogP contribution in [0, 0.1) is 73.4 Å². The molecule has 0 saturated heterocycles. The van der Waals surface area contributed by atoms with E-state index in [1.165, 1.54) is 0 Å². The summed E-state index contributed by atoms with van der Waals surface area (Å²) in [7, 11) is 0. The van der Waals surface area contributed by atoms with Gasteiger partial charge in [0.15, 0.2) is 5.78 Å². The molecule has 0 aromatic rings. The van der Waals surface area contributed by atoms with Gasteiger partial charge >= 0.3 is 0 Å². The van der Waals surface area contributed by atoms with E-state index in [-0.39, 0.29) is 62.2 Å². The van der Waals surface area contributed by atoms with Crippen molar-refractivity contribution < 1.29 is 9.59 Å². The van der Waals surface area contributed by atoms with E-state index >= 15 is 0 Å². The van der Waals surface area contributed by atoms with Gasteiger partial charge in [-0.15, -0.1) is 0 Å². The van der Waals surface area contributed by atoms with Crippen LogP contribution in [0.15, 0.2) is 11.6 Å². The van der Waals surface area contributed by atoms with Gasteiger partial charge in [0.2, 0.25) is 0 Å². The summed E-state index contributed by atoms with van der Waals surface area (Å²) in [5, 5.41) is 23.0. The molecule has 8 atom stereocenters. The number of hydrogen-bond donors (Lipinski definition) is 1. The topological polar surface area (TPSA) is 93.8 Å². The smallest absolute Gasteiger partial charge is 0.178 e. The van der Waals surface area contributed by atoms with Crippen molar-refractivity contribution in [2.45, 2.75) is 105 Å². The second-order valence-electron chi connectivity index (χ2n) is 15.4. The first kappa shape index (κ1) is 26.6. The highest BCUT2D eigenvalue weighted by molar-refractivity contribution is 6.04. The molecule has 0 amide bonds. The van der Waals surface area contributed by atoms with E-state index in [1.54, 1.807) is 0 Å². The highest BCUT2D eigenvalue weighted by atomic mass is 16.1. The minimum atomic E-state index is -0.604. The molecule has 4 saturated carbocycles. The fourth-order valence-electron chi connectivity index (χ4n) is 10.8. The molecule has 1 N–H and O–H groups in total. The van der Waals surface area contributed by atoms with Gasteiger partial charge in [-0.1, -0.05) is 54.5 Å². The maximum atomic E-state index is 14.5. The Balaban J connectivity index is 1.62. The Labute approximate surface area is 223 Å². The lowest BCUT2D eigenvalue weighted by Crippen LogP contribution is -2.71. The van der Waals surface area contributed by atoms with Crippen LogP contribution in [0.25, 0.3) is 0 Å². The van der Waals surface area contributed by atoms with Crippen LogP contribution in [0.1, 0.15) is 99.8 Å². The van der Waals surface area contributed by atoms with Crippen LogP contribution in [0.4, 0.5) is 0 Å². The Morgan fingerprint density at radius 1 is 0.919 bits per heavy atom. The number of fused-ring (bicyclic) bond motifs is 7. The van der Waals surface area contributed by atoms with E-state index in [0.717, 1.165) is 44.9 Å². The van der Waals surface area contributed by atoms with Gasteiger partial charge in [-0.25, -0.2) is 0 Å². The summed E-state index contributed by atoms with van der Waals surface area (Å²) >= 11 is 0.